The molecule has 0 fully saturated rings. The maximum absolute atomic E-state index is 13.5. The molecule has 100 valence electrons. The van der Waals surface area contributed by atoms with Crippen LogP contribution in [-0.2, 0) is 4.79 Å². The molecule has 1 rings (SSSR count). The zero-order valence-corrected chi connectivity index (χ0v) is 11.7. The molecule has 0 aliphatic heterocycles. The normalized spacial score (nSPS) is 12.6. The van der Waals surface area contributed by atoms with Gasteiger partial charge in [-0.2, -0.15) is 0 Å². The molecular weight excluding hydrogens is 306 g/mol. The molecule has 0 aromatic heterocycles. The lowest BCUT2D eigenvalue weighted by Crippen LogP contribution is -2.37. The molecule has 1 atom stereocenters. The maximum Gasteiger partial charge on any atom is 0.241 e. The van der Waals surface area contributed by atoms with Crippen molar-refractivity contribution >= 4 is 27.5 Å². The van der Waals surface area contributed by atoms with Gasteiger partial charge in [0.25, 0.3) is 0 Å². The molecule has 0 radical (unpaired) electrons. The number of hydrogen-bond donors (Lipinski definition) is 2. The van der Waals surface area contributed by atoms with Gasteiger partial charge in [0.15, 0.2) is 5.82 Å². The van der Waals surface area contributed by atoms with Gasteiger partial charge in [-0.05, 0) is 34.3 Å². The average molecular weight is 321 g/mol. The third-order valence-corrected chi connectivity index (χ3v) is 2.94. The van der Waals surface area contributed by atoms with Gasteiger partial charge >= 0.3 is 0 Å². The van der Waals surface area contributed by atoms with Crippen molar-refractivity contribution in [1.29, 1.82) is 0 Å². The van der Waals surface area contributed by atoms with Crippen molar-refractivity contribution in [2.45, 2.75) is 26.3 Å². The molecule has 0 unspecified atom stereocenters. The van der Waals surface area contributed by atoms with Crippen LogP contribution in [0.15, 0.2) is 16.6 Å². The van der Waals surface area contributed by atoms with Gasteiger partial charge in [0, 0.05) is 10.5 Å². The lowest BCUT2D eigenvalue weighted by atomic mass is 10.0. The van der Waals surface area contributed by atoms with Gasteiger partial charge in [-0.25, -0.2) is 8.78 Å². The number of amides is 1. The zero-order valence-electron chi connectivity index (χ0n) is 10.1. The average Bonchev–Trinajstić information content (AvgIpc) is 2.21. The summed E-state index contributed by atoms with van der Waals surface area (Å²) in [5.74, 6) is -1.79. The number of benzene rings is 1. The van der Waals surface area contributed by atoms with Crippen LogP contribution in [0, 0.1) is 17.6 Å². The van der Waals surface area contributed by atoms with Crippen LogP contribution in [0.5, 0.6) is 0 Å². The summed E-state index contributed by atoms with van der Waals surface area (Å²) in [6.45, 7) is 3.86. The van der Waals surface area contributed by atoms with Crippen molar-refractivity contribution in [2.75, 3.05) is 5.32 Å². The number of halogens is 3. The van der Waals surface area contributed by atoms with Gasteiger partial charge in [0.1, 0.15) is 5.82 Å². The highest BCUT2D eigenvalue weighted by Crippen LogP contribution is 2.27. The molecule has 0 saturated heterocycles. The number of carbonyl (C=O) groups is 1. The lowest BCUT2D eigenvalue weighted by Gasteiger charge is -2.15. The second kappa shape index (κ2) is 6.24. The highest BCUT2D eigenvalue weighted by Gasteiger charge is 2.18. The Kier molecular flexibility index (Phi) is 5.22. The Bertz CT molecular complexity index is 429. The second-order valence-corrected chi connectivity index (χ2v) is 5.32. The van der Waals surface area contributed by atoms with Gasteiger partial charge in [-0.15, -0.1) is 0 Å². The topological polar surface area (TPSA) is 55.1 Å². The van der Waals surface area contributed by atoms with E-state index in [-0.39, 0.29) is 16.1 Å². The van der Waals surface area contributed by atoms with Crippen LogP contribution in [-0.4, -0.2) is 11.9 Å². The molecule has 18 heavy (non-hydrogen) atoms. The molecule has 3 N–H and O–H groups in total. The van der Waals surface area contributed by atoms with Crippen LogP contribution in [0.4, 0.5) is 14.5 Å². The third-order valence-electron chi connectivity index (χ3n) is 2.32. The minimum atomic E-state index is -0.841. The number of hydrogen-bond acceptors (Lipinski definition) is 2. The second-order valence-electron chi connectivity index (χ2n) is 4.47. The first kappa shape index (κ1) is 15.0. The molecule has 0 saturated carbocycles. The van der Waals surface area contributed by atoms with Crippen LogP contribution < -0.4 is 11.1 Å². The summed E-state index contributed by atoms with van der Waals surface area (Å²) in [6, 6.07) is 1.06. The van der Waals surface area contributed by atoms with E-state index in [1.165, 1.54) is 0 Å². The molecule has 1 aromatic carbocycles. The van der Waals surface area contributed by atoms with Gasteiger partial charge in [0.2, 0.25) is 5.91 Å². The summed E-state index contributed by atoms with van der Waals surface area (Å²) in [7, 11) is 0. The van der Waals surface area contributed by atoms with Crippen LogP contribution >= 0.6 is 15.9 Å². The number of anilines is 1. The predicted octanol–water partition coefficient (Wildman–Crippen LogP) is 3.04. The molecule has 0 spiro atoms. The van der Waals surface area contributed by atoms with E-state index in [1.807, 2.05) is 13.8 Å². The molecule has 3 nitrogen and oxygen atoms in total. The Hall–Kier alpha value is -1.01. The van der Waals surface area contributed by atoms with E-state index in [0.29, 0.717) is 12.5 Å². The van der Waals surface area contributed by atoms with E-state index in [4.69, 9.17) is 5.73 Å². The standard InChI is InChI=1S/C12H15BrF2N2O/c1-6(2)3-10(16)12(18)17-11-8(13)4-7(14)5-9(11)15/h4-6,10H,3,16H2,1-2H3,(H,17,18)/t10-/m1/s1. The lowest BCUT2D eigenvalue weighted by molar-refractivity contribution is -0.117. The maximum atomic E-state index is 13.5. The summed E-state index contributed by atoms with van der Waals surface area (Å²) >= 11 is 2.99. The van der Waals surface area contributed by atoms with E-state index in [1.54, 1.807) is 0 Å². The van der Waals surface area contributed by atoms with Gasteiger partial charge in [-0.1, -0.05) is 13.8 Å². The molecule has 1 aromatic rings. The molecule has 0 aliphatic rings. The van der Waals surface area contributed by atoms with Crippen LogP contribution in [0.3, 0.4) is 0 Å². The fourth-order valence-electron chi connectivity index (χ4n) is 1.49. The minimum Gasteiger partial charge on any atom is -0.321 e. The number of nitrogens with one attached hydrogen (secondary N) is 1. The zero-order chi connectivity index (χ0) is 13.9. The van der Waals surface area contributed by atoms with E-state index in [2.05, 4.69) is 21.2 Å². The first-order valence-electron chi connectivity index (χ1n) is 5.52. The first-order chi connectivity index (χ1) is 8.31. The summed E-state index contributed by atoms with van der Waals surface area (Å²) < 4.78 is 26.5. The molecule has 0 bridgehead atoms. The van der Waals surface area contributed by atoms with E-state index >= 15 is 0 Å². The Morgan fingerprint density at radius 3 is 2.56 bits per heavy atom. The Morgan fingerprint density at radius 1 is 1.44 bits per heavy atom. The Labute approximate surface area is 113 Å². The number of carbonyl (C=O) groups excluding carboxylic acids is 1. The van der Waals surface area contributed by atoms with Crippen LogP contribution in [0.25, 0.3) is 0 Å². The summed E-state index contributed by atoms with van der Waals surface area (Å²) in [4.78, 5) is 11.7. The van der Waals surface area contributed by atoms with Crippen molar-refractivity contribution in [1.82, 2.24) is 0 Å². The van der Waals surface area contributed by atoms with Crippen molar-refractivity contribution in [3.05, 3.63) is 28.2 Å². The predicted molar refractivity (Wildman–Crippen MR) is 70.1 cm³/mol. The molecule has 0 heterocycles. The minimum absolute atomic E-state index is 0.0967. The smallest absolute Gasteiger partial charge is 0.241 e. The third kappa shape index (κ3) is 4.03. The van der Waals surface area contributed by atoms with Crippen LogP contribution in [0.2, 0.25) is 0 Å². The van der Waals surface area contributed by atoms with Gasteiger partial charge in [-0.3, -0.25) is 4.79 Å². The summed E-state index contributed by atoms with van der Waals surface area (Å²) in [5.41, 5.74) is 5.58. The fraction of sp³-hybridized carbons (Fsp3) is 0.417. The monoisotopic (exact) mass is 320 g/mol. The van der Waals surface area contributed by atoms with E-state index < -0.39 is 23.6 Å². The van der Waals surface area contributed by atoms with Crippen LogP contribution in [0.1, 0.15) is 20.3 Å². The van der Waals surface area contributed by atoms with E-state index in [9.17, 15) is 13.6 Å². The highest BCUT2D eigenvalue weighted by atomic mass is 79.9. The van der Waals surface area contributed by atoms with Gasteiger partial charge < -0.3 is 11.1 Å². The summed E-state index contributed by atoms with van der Waals surface area (Å²) in [5, 5.41) is 2.36. The van der Waals surface area contributed by atoms with Crippen molar-refractivity contribution in [2.24, 2.45) is 11.7 Å². The Balaban J connectivity index is 2.82. The molecule has 6 heteroatoms. The summed E-state index contributed by atoms with van der Waals surface area (Å²) in [6.07, 6.45) is 0.492. The largest absolute Gasteiger partial charge is 0.321 e. The number of rotatable bonds is 4. The highest BCUT2D eigenvalue weighted by molar-refractivity contribution is 9.10. The first-order valence-corrected chi connectivity index (χ1v) is 6.31. The van der Waals surface area contributed by atoms with Crippen molar-refractivity contribution < 1.29 is 13.6 Å². The van der Waals surface area contributed by atoms with Gasteiger partial charge in [0.05, 0.1) is 11.7 Å². The Morgan fingerprint density at radius 2 is 2.06 bits per heavy atom. The van der Waals surface area contributed by atoms with E-state index in [0.717, 1.165) is 6.07 Å². The van der Waals surface area contributed by atoms with Crippen molar-refractivity contribution in [3.8, 4) is 0 Å². The SMILES string of the molecule is CC(C)C[C@@H](N)C(=O)Nc1c(F)cc(F)cc1Br. The van der Waals surface area contributed by atoms with Crippen molar-refractivity contribution in [3.63, 3.8) is 0 Å². The molecule has 1 amide bonds. The quantitative estimate of drug-likeness (QED) is 0.895. The number of nitrogens with two attached hydrogens (primary N) is 1. The fourth-order valence-corrected chi connectivity index (χ4v) is 2.00. The molecule has 0 aliphatic carbocycles. The molecular formula is C12H15BrF2N2O.